The summed E-state index contributed by atoms with van der Waals surface area (Å²) in [6, 6.07) is 5.39. The molecular weight excluding hydrogens is 228 g/mol. The van der Waals surface area contributed by atoms with Crippen LogP contribution >= 0.6 is 0 Å². The van der Waals surface area contributed by atoms with Crippen LogP contribution in [0.2, 0.25) is 0 Å². The van der Waals surface area contributed by atoms with E-state index in [2.05, 4.69) is 10.3 Å². The van der Waals surface area contributed by atoms with Gasteiger partial charge in [-0.05, 0) is 25.0 Å². The van der Waals surface area contributed by atoms with Crippen LogP contribution in [0.4, 0.5) is 11.5 Å². The molecule has 0 aliphatic heterocycles. The molecule has 1 aliphatic carbocycles. The third-order valence-electron chi connectivity index (χ3n) is 3.54. The van der Waals surface area contributed by atoms with Gasteiger partial charge in [0.05, 0.1) is 17.8 Å². The van der Waals surface area contributed by atoms with Gasteiger partial charge in [0.15, 0.2) is 5.69 Å². The van der Waals surface area contributed by atoms with E-state index in [1.54, 1.807) is 12.1 Å². The van der Waals surface area contributed by atoms with Crippen LogP contribution in [-0.2, 0) is 0 Å². The summed E-state index contributed by atoms with van der Waals surface area (Å²) in [7, 11) is 0. The van der Waals surface area contributed by atoms with E-state index in [9.17, 15) is 5.11 Å². The lowest BCUT2D eigenvalue weighted by Crippen LogP contribution is -2.44. The number of hydrogen-bond donors (Lipinski definition) is 3. The minimum atomic E-state index is -0.298. The van der Waals surface area contributed by atoms with Crippen molar-refractivity contribution in [3.05, 3.63) is 17.8 Å². The van der Waals surface area contributed by atoms with Crippen molar-refractivity contribution in [2.24, 2.45) is 0 Å². The van der Waals surface area contributed by atoms with Crippen LogP contribution < -0.4 is 11.1 Å². The average Bonchev–Trinajstić information content (AvgIpc) is 2.42. The maximum atomic E-state index is 9.60. The first-order valence-corrected chi connectivity index (χ1v) is 6.25. The monoisotopic (exact) mass is 246 g/mol. The Hall–Kier alpha value is -1.80. The second-order valence-corrected chi connectivity index (χ2v) is 4.87. The second-order valence-electron chi connectivity index (χ2n) is 4.87. The number of hydrogen-bond acceptors (Lipinski definition) is 5. The smallest absolute Gasteiger partial charge is 0.165 e. The Morgan fingerprint density at radius 3 is 2.72 bits per heavy atom. The Labute approximate surface area is 107 Å². The van der Waals surface area contributed by atoms with Gasteiger partial charge in [-0.2, -0.15) is 5.26 Å². The SMILES string of the molecule is N#Cc1nc(NC2(CO)CCCCC2)ccc1N. The molecule has 1 fully saturated rings. The molecule has 1 aromatic heterocycles. The second kappa shape index (κ2) is 5.23. The van der Waals surface area contributed by atoms with Crippen LogP contribution in [0.5, 0.6) is 0 Å². The summed E-state index contributed by atoms with van der Waals surface area (Å²) >= 11 is 0. The first kappa shape index (κ1) is 12.7. The van der Waals surface area contributed by atoms with E-state index in [0.29, 0.717) is 11.5 Å². The van der Waals surface area contributed by atoms with Crippen LogP contribution in [-0.4, -0.2) is 22.2 Å². The maximum Gasteiger partial charge on any atom is 0.165 e. The van der Waals surface area contributed by atoms with Crippen molar-refractivity contribution in [2.45, 2.75) is 37.6 Å². The molecule has 0 amide bonds. The van der Waals surface area contributed by atoms with Gasteiger partial charge >= 0.3 is 0 Å². The molecule has 0 unspecified atom stereocenters. The van der Waals surface area contributed by atoms with Crippen molar-refractivity contribution in [3.8, 4) is 6.07 Å². The van der Waals surface area contributed by atoms with E-state index in [4.69, 9.17) is 11.0 Å². The highest BCUT2D eigenvalue weighted by molar-refractivity contribution is 5.55. The number of nitrogens with two attached hydrogens (primary N) is 1. The number of nitrogens with zero attached hydrogens (tertiary/aromatic N) is 2. The Kier molecular flexibility index (Phi) is 3.68. The lowest BCUT2D eigenvalue weighted by atomic mass is 9.82. The van der Waals surface area contributed by atoms with Crippen LogP contribution in [0.3, 0.4) is 0 Å². The summed E-state index contributed by atoms with van der Waals surface area (Å²) in [6.45, 7) is 0.0843. The molecule has 4 N–H and O–H groups in total. The molecule has 0 bridgehead atoms. The number of nitriles is 1. The van der Waals surface area contributed by atoms with Crippen molar-refractivity contribution in [2.75, 3.05) is 17.7 Å². The number of nitrogens with one attached hydrogen (secondary N) is 1. The fraction of sp³-hybridized carbons (Fsp3) is 0.538. The molecule has 2 rings (SSSR count). The zero-order chi connectivity index (χ0) is 13.0. The number of aromatic nitrogens is 1. The van der Waals surface area contributed by atoms with Gasteiger partial charge in [-0.1, -0.05) is 19.3 Å². The molecular formula is C13H18N4O. The minimum Gasteiger partial charge on any atom is -0.396 e. The summed E-state index contributed by atoms with van der Waals surface area (Å²) < 4.78 is 0. The summed E-state index contributed by atoms with van der Waals surface area (Å²) in [5, 5.41) is 21.8. The van der Waals surface area contributed by atoms with Gasteiger partial charge < -0.3 is 16.2 Å². The summed E-state index contributed by atoms with van der Waals surface area (Å²) in [4.78, 5) is 4.17. The van der Waals surface area contributed by atoms with Crippen molar-refractivity contribution in [1.29, 1.82) is 5.26 Å². The largest absolute Gasteiger partial charge is 0.396 e. The van der Waals surface area contributed by atoms with E-state index in [0.717, 1.165) is 25.7 Å². The highest BCUT2D eigenvalue weighted by Crippen LogP contribution is 2.31. The molecule has 1 saturated carbocycles. The molecule has 18 heavy (non-hydrogen) atoms. The van der Waals surface area contributed by atoms with Gasteiger partial charge in [0.2, 0.25) is 0 Å². The topological polar surface area (TPSA) is 95.0 Å². The molecule has 0 atom stereocenters. The van der Waals surface area contributed by atoms with E-state index < -0.39 is 0 Å². The van der Waals surface area contributed by atoms with Crippen molar-refractivity contribution in [1.82, 2.24) is 4.98 Å². The zero-order valence-corrected chi connectivity index (χ0v) is 10.3. The molecule has 0 saturated heterocycles. The Bertz CT molecular complexity index is 461. The lowest BCUT2D eigenvalue weighted by Gasteiger charge is -2.37. The van der Waals surface area contributed by atoms with Gasteiger partial charge in [-0.15, -0.1) is 0 Å². The van der Waals surface area contributed by atoms with Crippen LogP contribution in [0, 0.1) is 11.3 Å². The molecule has 0 radical (unpaired) electrons. The molecule has 1 aliphatic rings. The van der Waals surface area contributed by atoms with Crippen LogP contribution in [0.1, 0.15) is 37.8 Å². The lowest BCUT2D eigenvalue weighted by molar-refractivity contribution is 0.172. The van der Waals surface area contributed by atoms with Gasteiger partial charge in [0, 0.05) is 0 Å². The van der Waals surface area contributed by atoms with E-state index >= 15 is 0 Å². The zero-order valence-electron chi connectivity index (χ0n) is 10.3. The minimum absolute atomic E-state index is 0.0843. The highest BCUT2D eigenvalue weighted by atomic mass is 16.3. The van der Waals surface area contributed by atoms with Gasteiger partial charge in [0.1, 0.15) is 11.9 Å². The molecule has 0 spiro atoms. The van der Waals surface area contributed by atoms with E-state index in [1.807, 2.05) is 6.07 Å². The maximum absolute atomic E-state index is 9.60. The van der Waals surface area contributed by atoms with E-state index in [-0.39, 0.29) is 17.8 Å². The molecule has 96 valence electrons. The van der Waals surface area contributed by atoms with Crippen LogP contribution in [0.15, 0.2) is 12.1 Å². The Morgan fingerprint density at radius 1 is 1.39 bits per heavy atom. The van der Waals surface area contributed by atoms with E-state index in [1.165, 1.54) is 6.42 Å². The Morgan fingerprint density at radius 2 is 2.11 bits per heavy atom. The fourth-order valence-electron chi connectivity index (χ4n) is 2.45. The first-order chi connectivity index (χ1) is 8.69. The predicted molar refractivity (Wildman–Crippen MR) is 69.9 cm³/mol. The predicted octanol–water partition coefficient (Wildman–Crippen LogP) is 1.64. The number of nitrogen functional groups attached to an aromatic ring is 1. The number of aliphatic hydroxyl groups is 1. The van der Waals surface area contributed by atoms with Crippen molar-refractivity contribution >= 4 is 11.5 Å². The molecule has 1 heterocycles. The van der Waals surface area contributed by atoms with Crippen molar-refractivity contribution in [3.63, 3.8) is 0 Å². The summed E-state index contributed by atoms with van der Waals surface area (Å²) in [6.07, 6.45) is 5.28. The highest BCUT2D eigenvalue weighted by Gasteiger charge is 2.31. The number of aliphatic hydroxyl groups excluding tert-OH is 1. The molecule has 5 heteroatoms. The molecule has 1 aromatic rings. The third-order valence-corrected chi connectivity index (χ3v) is 3.54. The summed E-state index contributed by atoms with van der Waals surface area (Å²) in [5.74, 6) is 0.608. The summed E-state index contributed by atoms with van der Waals surface area (Å²) in [5.41, 5.74) is 5.94. The van der Waals surface area contributed by atoms with Crippen molar-refractivity contribution < 1.29 is 5.11 Å². The third kappa shape index (κ3) is 2.54. The average molecular weight is 246 g/mol. The quantitative estimate of drug-likeness (QED) is 0.753. The van der Waals surface area contributed by atoms with Gasteiger partial charge in [-0.3, -0.25) is 0 Å². The number of rotatable bonds is 3. The fourth-order valence-corrected chi connectivity index (χ4v) is 2.45. The van der Waals surface area contributed by atoms with Crippen LogP contribution in [0.25, 0.3) is 0 Å². The number of pyridine rings is 1. The number of anilines is 2. The molecule has 5 nitrogen and oxygen atoms in total. The Balaban J connectivity index is 2.19. The van der Waals surface area contributed by atoms with Gasteiger partial charge in [0.25, 0.3) is 0 Å². The first-order valence-electron chi connectivity index (χ1n) is 6.25. The normalized spacial score (nSPS) is 18.0. The van der Waals surface area contributed by atoms with Gasteiger partial charge in [-0.25, -0.2) is 4.98 Å². The standard InChI is InChI=1S/C13H18N4O/c14-8-11-10(15)4-5-12(16-11)17-13(9-18)6-2-1-3-7-13/h4-5,18H,1-3,6-7,9,15H2,(H,16,17). The molecule has 0 aromatic carbocycles.